The summed E-state index contributed by atoms with van der Waals surface area (Å²) in [5, 5.41) is 3.42. The molecule has 1 aliphatic rings. The lowest BCUT2D eigenvalue weighted by atomic mass is 9.84. The van der Waals surface area contributed by atoms with Crippen molar-refractivity contribution in [1.82, 2.24) is 10.3 Å². The smallest absolute Gasteiger partial charge is 0.128 e. The van der Waals surface area contributed by atoms with Gasteiger partial charge >= 0.3 is 0 Å². The van der Waals surface area contributed by atoms with Gasteiger partial charge in [0.1, 0.15) is 5.82 Å². The lowest BCUT2D eigenvalue weighted by Crippen LogP contribution is -2.40. The zero-order valence-electron chi connectivity index (χ0n) is 12.6. The molecule has 3 nitrogen and oxygen atoms in total. The zero-order chi connectivity index (χ0) is 13.7. The second kappa shape index (κ2) is 6.38. The number of hydrogen-bond acceptors (Lipinski definition) is 3. The van der Waals surface area contributed by atoms with Crippen LogP contribution in [-0.2, 0) is 6.54 Å². The molecule has 1 aromatic heterocycles. The molecule has 0 aromatic carbocycles. The van der Waals surface area contributed by atoms with Gasteiger partial charge in [-0.2, -0.15) is 0 Å². The second-order valence-corrected chi connectivity index (χ2v) is 6.35. The van der Waals surface area contributed by atoms with E-state index >= 15 is 0 Å². The normalized spacial score (nSPS) is 18.6. The molecule has 0 aliphatic carbocycles. The molecule has 1 aliphatic heterocycles. The number of nitrogens with zero attached hydrogens (tertiary/aromatic N) is 2. The largest absolute Gasteiger partial charge is 0.356 e. The van der Waals surface area contributed by atoms with Crippen molar-refractivity contribution >= 4 is 5.82 Å². The third kappa shape index (κ3) is 4.20. The van der Waals surface area contributed by atoms with Gasteiger partial charge < -0.3 is 10.2 Å². The first-order valence-electron chi connectivity index (χ1n) is 7.52. The molecule has 2 heterocycles. The fourth-order valence-corrected chi connectivity index (χ4v) is 2.75. The van der Waals surface area contributed by atoms with E-state index in [4.69, 9.17) is 4.98 Å². The van der Waals surface area contributed by atoms with Crippen molar-refractivity contribution in [3.63, 3.8) is 0 Å². The molecule has 0 atom stereocenters. The number of nitrogens with one attached hydrogen (secondary N) is 1. The Morgan fingerprint density at radius 2 is 2.21 bits per heavy atom. The summed E-state index contributed by atoms with van der Waals surface area (Å²) < 4.78 is 0. The highest BCUT2D eigenvalue weighted by Gasteiger charge is 2.26. The van der Waals surface area contributed by atoms with Crippen molar-refractivity contribution in [2.75, 3.05) is 24.5 Å². The van der Waals surface area contributed by atoms with E-state index in [1.165, 1.54) is 19.3 Å². The lowest BCUT2D eigenvalue weighted by molar-refractivity contribution is 0.292. The Balaban J connectivity index is 2.01. The van der Waals surface area contributed by atoms with Crippen LogP contribution in [0.1, 0.15) is 45.7 Å². The first kappa shape index (κ1) is 14.3. The monoisotopic (exact) mass is 261 g/mol. The van der Waals surface area contributed by atoms with E-state index in [2.05, 4.69) is 49.2 Å². The highest BCUT2D eigenvalue weighted by atomic mass is 15.2. The van der Waals surface area contributed by atoms with Gasteiger partial charge in [0.25, 0.3) is 0 Å². The van der Waals surface area contributed by atoms with Crippen molar-refractivity contribution < 1.29 is 0 Å². The van der Waals surface area contributed by atoms with Crippen LogP contribution in [0.25, 0.3) is 0 Å². The molecular formula is C16H27N3. The molecule has 2 rings (SSSR count). The Kier molecular flexibility index (Phi) is 4.81. The third-order valence-electron chi connectivity index (χ3n) is 3.75. The molecular weight excluding hydrogens is 234 g/mol. The minimum absolute atomic E-state index is 0.413. The summed E-state index contributed by atoms with van der Waals surface area (Å²) in [6.07, 6.45) is 3.76. The maximum absolute atomic E-state index is 4.80. The summed E-state index contributed by atoms with van der Waals surface area (Å²) in [4.78, 5) is 7.23. The third-order valence-corrected chi connectivity index (χ3v) is 3.75. The van der Waals surface area contributed by atoms with Crippen LogP contribution in [0.3, 0.4) is 0 Å². The Morgan fingerprint density at radius 1 is 1.37 bits per heavy atom. The van der Waals surface area contributed by atoms with Crippen LogP contribution in [0.5, 0.6) is 0 Å². The minimum atomic E-state index is 0.413. The van der Waals surface area contributed by atoms with Crippen molar-refractivity contribution in [3.05, 3.63) is 23.9 Å². The summed E-state index contributed by atoms with van der Waals surface area (Å²) in [5.41, 5.74) is 1.56. The number of aromatic nitrogens is 1. The van der Waals surface area contributed by atoms with Crippen LogP contribution in [0.4, 0.5) is 5.82 Å². The van der Waals surface area contributed by atoms with E-state index in [0.717, 1.165) is 37.7 Å². The molecule has 1 aromatic rings. The number of anilines is 1. The average Bonchev–Trinajstić information content (AvgIpc) is 2.38. The molecule has 1 N–H and O–H groups in total. The van der Waals surface area contributed by atoms with Crippen LogP contribution in [0, 0.1) is 5.41 Å². The maximum Gasteiger partial charge on any atom is 0.128 e. The van der Waals surface area contributed by atoms with Crippen LogP contribution in [-0.4, -0.2) is 24.6 Å². The van der Waals surface area contributed by atoms with E-state index in [0.29, 0.717) is 5.41 Å². The quantitative estimate of drug-likeness (QED) is 0.825. The van der Waals surface area contributed by atoms with Crippen LogP contribution >= 0.6 is 0 Å². The standard InChI is InChI=1S/C16H27N3/c1-4-10-17-12-14-7-5-8-15(18-14)19-11-6-9-16(2,3)13-19/h5,7-8,17H,4,6,9-13H2,1-3H3. The molecule has 106 valence electrons. The van der Waals surface area contributed by atoms with Gasteiger partial charge in [-0.05, 0) is 43.4 Å². The van der Waals surface area contributed by atoms with Crippen molar-refractivity contribution in [2.24, 2.45) is 5.41 Å². The molecule has 19 heavy (non-hydrogen) atoms. The molecule has 0 unspecified atom stereocenters. The zero-order valence-corrected chi connectivity index (χ0v) is 12.6. The van der Waals surface area contributed by atoms with Gasteiger partial charge in [0.15, 0.2) is 0 Å². The molecule has 0 saturated carbocycles. The Labute approximate surface area is 117 Å². The average molecular weight is 261 g/mol. The molecule has 0 bridgehead atoms. The summed E-state index contributed by atoms with van der Waals surface area (Å²) >= 11 is 0. The summed E-state index contributed by atoms with van der Waals surface area (Å²) in [7, 11) is 0. The van der Waals surface area contributed by atoms with Gasteiger partial charge in [0.05, 0.1) is 5.69 Å². The highest BCUT2D eigenvalue weighted by molar-refractivity contribution is 5.40. The fourth-order valence-electron chi connectivity index (χ4n) is 2.75. The Morgan fingerprint density at radius 3 is 2.95 bits per heavy atom. The predicted octanol–water partition coefficient (Wildman–Crippen LogP) is 3.21. The SMILES string of the molecule is CCCNCc1cccc(N2CCCC(C)(C)C2)n1. The first-order valence-corrected chi connectivity index (χ1v) is 7.52. The van der Waals surface area contributed by atoms with E-state index in [9.17, 15) is 0 Å². The Bertz CT molecular complexity index is 401. The second-order valence-electron chi connectivity index (χ2n) is 6.35. The molecule has 0 spiro atoms. The van der Waals surface area contributed by atoms with Gasteiger partial charge in [0, 0.05) is 19.6 Å². The van der Waals surface area contributed by atoms with E-state index in [1.807, 2.05) is 0 Å². The number of rotatable bonds is 5. The minimum Gasteiger partial charge on any atom is -0.356 e. The highest BCUT2D eigenvalue weighted by Crippen LogP contribution is 2.30. The van der Waals surface area contributed by atoms with Crippen LogP contribution in [0.15, 0.2) is 18.2 Å². The van der Waals surface area contributed by atoms with E-state index in [1.54, 1.807) is 0 Å². The molecule has 0 amide bonds. The Hall–Kier alpha value is -1.09. The molecule has 1 saturated heterocycles. The van der Waals surface area contributed by atoms with Gasteiger partial charge in [0.2, 0.25) is 0 Å². The lowest BCUT2D eigenvalue weighted by Gasteiger charge is -2.38. The summed E-state index contributed by atoms with van der Waals surface area (Å²) in [6, 6.07) is 6.39. The van der Waals surface area contributed by atoms with E-state index < -0.39 is 0 Å². The number of pyridine rings is 1. The van der Waals surface area contributed by atoms with Crippen LogP contribution < -0.4 is 10.2 Å². The van der Waals surface area contributed by atoms with Crippen molar-refractivity contribution in [2.45, 2.75) is 46.6 Å². The van der Waals surface area contributed by atoms with Crippen LogP contribution in [0.2, 0.25) is 0 Å². The van der Waals surface area contributed by atoms with Crippen molar-refractivity contribution in [1.29, 1.82) is 0 Å². The molecule has 0 radical (unpaired) electrons. The predicted molar refractivity (Wildman–Crippen MR) is 81.5 cm³/mol. The van der Waals surface area contributed by atoms with E-state index in [-0.39, 0.29) is 0 Å². The van der Waals surface area contributed by atoms with Gasteiger partial charge in [-0.25, -0.2) is 4.98 Å². The number of hydrogen-bond donors (Lipinski definition) is 1. The molecule has 1 fully saturated rings. The topological polar surface area (TPSA) is 28.2 Å². The number of piperidine rings is 1. The first-order chi connectivity index (χ1) is 9.11. The summed E-state index contributed by atoms with van der Waals surface area (Å²) in [6.45, 7) is 11.1. The van der Waals surface area contributed by atoms with Crippen molar-refractivity contribution in [3.8, 4) is 0 Å². The van der Waals surface area contributed by atoms with Gasteiger partial charge in [-0.15, -0.1) is 0 Å². The van der Waals surface area contributed by atoms with Gasteiger partial charge in [-0.3, -0.25) is 0 Å². The maximum atomic E-state index is 4.80. The van der Waals surface area contributed by atoms with Gasteiger partial charge in [-0.1, -0.05) is 26.8 Å². The summed E-state index contributed by atoms with van der Waals surface area (Å²) in [5.74, 6) is 1.14. The fraction of sp³-hybridized carbons (Fsp3) is 0.688. The molecule has 3 heteroatoms.